The van der Waals surface area contributed by atoms with Gasteiger partial charge in [0.2, 0.25) is 0 Å². The molecule has 0 heterocycles. The van der Waals surface area contributed by atoms with Crippen LogP contribution in [0, 0.1) is 11.3 Å². The first-order chi connectivity index (χ1) is 6.47. The SMILES string of the molecule is CCc1cc(C#N)cc(C(C)(C)F)c1. The molecule has 0 aliphatic rings. The monoisotopic (exact) mass is 191 g/mol. The van der Waals surface area contributed by atoms with Crippen molar-refractivity contribution >= 4 is 0 Å². The Morgan fingerprint density at radius 3 is 2.43 bits per heavy atom. The Bertz CT molecular complexity index is 369. The Labute approximate surface area is 84.2 Å². The standard InChI is InChI=1S/C12H14FN/c1-4-9-5-10(8-14)7-11(6-9)12(2,3)13/h5-7H,4H2,1-3H3. The molecule has 0 aromatic heterocycles. The minimum Gasteiger partial charge on any atom is -0.239 e. The van der Waals surface area contributed by atoms with Gasteiger partial charge in [0.25, 0.3) is 0 Å². The molecular weight excluding hydrogens is 177 g/mol. The second-order valence-electron chi connectivity index (χ2n) is 3.86. The fourth-order valence-corrected chi connectivity index (χ4v) is 1.30. The van der Waals surface area contributed by atoms with Gasteiger partial charge in [-0.15, -0.1) is 0 Å². The molecule has 0 aliphatic carbocycles. The molecule has 0 amide bonds. The highest BCUT2D eigenvalue weighted by molar-refractivity contribution is 5.39. The van der Waals surface area contributed by atoms with Gasteiger partial charge >= 0.3 is 0 Å². The molecule has 0 spiro atoms. The number of benzene rings is 1. The normalized spacial score (nSPS) is 11.1. The van der Waals surface area contributed by atoms with Crippen molar-refractivity contribution in [3.8, 4) is 6.07 Å². The summed E-state index contributed by atoms with van der Waals surface area (Å²) in [4.78, 5) is 0. The van der Waals surface area contributed by atoms with Gasteiger partial charge in [0.15, 0.2) is 0 Å². The van der Waals surface area contributed by atoms with Crippen molar-refractivity contribution in [2.45, 2.75) is 32.9 Å². The molecule has 0 atom stereocenters. The van der Waals surface area contributed by atoms with Gasteiger partial charge in [-0.3, -0.25) is 0 Å². The van der Waals surface area contributed by atoms with E-state index < -0.39 is 5.67 Å². The molecule has 0 radical (unpaired) electrons. The first-order valence-corrected chi connectivity index (χ1v) is 4.71. The minimum atomic E-state index is -1.38. The maximum Gasteiger partial charge on any atom is 0.130 e. The quantitative estimate of drug-likeness (QED) is 0.703. The minimum absolute atomic E-state index is 0.532. The van der Waals surface area contributed by atoms with Crippen molar-refractivity contribution in [2.24, 2.45) is 0 Å². The Balaban J connectivity index is 3.26. The Kier molecular flexibility index (Phi) is 2.90. The van der Waals surface area contributed by atoms with Crippen LogP contribution < -0.4 is 0 Å². The van der Waals surface area contributed by atoms with Gasteiger partial charge in [0, 0.05) is 0 Å². The Morgan fingerprint density at radius 2 is 2.00 bits per heavy atom. The lowest BCUT2D eigenvalue weighted by Gasteiger charge is -2.15. The van der Waals surface area contributed by atoms with Crippen LogP contribution in [0.15, 0.2) is 18.2 Å². The van der Waals surface area contributed by atoms with Crippen molar-refractivity contribution in [1.29, 1.82) is 5.26 Å². The molecule has 1 rings (SSSR count). The van der Waals surface area contributed by atoms with E-state index in [4.69, 9.17) is 5.26 Å². The van der Waals surface area contributed by atoms with Crippen molar-refractivity contribution in [2.75, 3.05) is 0 Å². The lowest BCUT2D eigenvalue weighted by molar-refractivity contribution is 0.221. The second-order valence-corrected chi connectivity index (χ2v) is 3.86. The van der Waals surface area contributed by atoms with Gasteiger partial charge in [-0.25, -0.2) is 4.39 Å². The third-order valence-corrected chi connectivity index (χ3v) is 2.22. The number of halogens is 1. The maximum atomic E-state index is 13.6. The topological polar surface area (TPSA) is 23.8 Å². The van der Waals surface area contributed by atoms with Crippen LogP contribution in [0.2, 0.25) is 0 Å². The molecule has 1 aromatic carbocycles. The summed E-state index contributed by atoms with van der Waals surface area (Å²) in [6.07, 6.45) is 0.818. The van der Waals surface area contributed by atoms with E-state index in [1.54, 1.807) is 12.1 Å². The highest BCUT2D eigenvalue weighted by atomic mass is 19.1. The number of aryl methyl sites for hydroxylation is 1. The largest absolute Gasteiger partial charge is 0.239 e. The first-order valence-electron chi connectivity index (χ1n) is 4.71. The summed E-state index contributed by atoms with van der Waals surface area (Å²) in [5, 5.41) is 8.78. The number of hydrogen-bond acceptors (Lipinski definition) is 1. The molecule has 0 saturated carbocycles. The molecule has 0 fully saturated rings. The summed E-state index contributed by atoms with van der Waals surface area (Å²) in [7, 11) is 0. The smallest absolute Gasteiger partial charge is 0.130 e. The van der Waals surface area contributed by atoms with Crippen molar-refractivity contribution < 1.29 is 4.39 Å². The highest BCUT2D eigenvalue weighted by Gasteiger charge is 2.19. The van der Waals surface area contributed by atoms with E-state index in [1.807, 2.05) is 19.1 Å². The fourth-order valence-electron chi connectivity index (χ4n) is 1.30. The summed E-state index contributed by atoms with van der Waals surface area (Å²) in [5.41, 5.74) is 0.736. The van der Waals surface area contributed by atoms with E-state index in [2.05, 4.69) is 0 Å². The highest BCUT2D eigenvalue weighted by Crippen LogP contribution is 2.26. The predicted octanol–water partition coefficient (Wildman–Crippen LogP) is 3.33. The molecule has 0 aliphatic heterocycles. The fraction of sp³-hybridized carbons (Fsp3) is 0.417. The number of hydrogen-bond donors (Lipinski definition) is 0. The molecule has 0 unspecified atom stereocenters. The van der Waals surface area contributed by atoms with Crippen LogP contribution in [-0.4, -0.2) is 0 Å². The number of rotatable bonds is 2. The lowest BCUT2D eigenvalue weighted by atomic mass is 9.95. The van der Waals surface area contributed by atoms with Gasteiger partial charge in [0.05, 0.1) is 11.6 Å². The summed E-state index contributed by atoms with van der Waals surface area (Å²) >= 11 is 0. The van der Waals surface area contributed by atoms with Crippen LogP contribution in [0.1, 0.15) is 37.5 Å². The van der Waals surface area contributed by atoms with E-state index in [0.29, 0.717) is 11.1 Å². The number of alkyl halides is 1. The van der Waals surface area contributed by atoms with Crippen LogP contribution in [0.5, 0.6) is 0 Å². The molecule has 74 valence electrons. The third-order valence-electron chi connectivity index (χ3n) is 2.22. The lowest BCUT2D eigenvalue weighted by Crippen LogP contribution is -2.09. The maximum absolute atomic E-state index is 13.6. The molecular formula is C12H14FN. The van der Waals surface area contributed by atoms with Crippen LogP contribution in [0.3, 0.4) is 0 Å². The molecule has 2 heteroatoms. The summed E-state index contributed by atoms with van der Waals surface area (Å²) < 4.78 is 13.6. The third kappa shape index (κ3) is 2.32. The van der Waals surface area contributed by atoms with E-state index in [0.717, 1.165) is 12.0 Å². The summed E-state index contributed by atoms with van der Waals surface area (Å²) in [5.74, 6) is 0. The van der Waals surface area contributed by atoms with Crippen LogP contribution in [0.4, 0.5) is 4.39 Å². The van der Waals surface area contributed by atoms with Gasteiger partial charge < -0.3 is 0 Å². The summed E-state index contributed by atoms with van der Waals surface area (Å²) in [6.45, 7) is 5.00. The average molecular weight is 191 g/mol. The molecule has 14 heavy (non-hydrogen) atoms. The van der Waals surface area contributed by atoms with Crippen molar-refractivity contribution in [3.05, 3.63) is 34.9 Å². The zero-order valence-electron chi connectivity index (χ0n) is 8.76. The Hall–Kier alpha value is -1.36. The molecule has 0 bridgehead atoms. The Morgan fingerprint density at radius 1 is 1.36 bits per heavy atom. The van der Waals surface area contributed by atoms with E-state index in [-0.39, 0.29) is 0 Å². The van der Waals surface area contributed by atoms with Gasteiger partial charge in [-0.1, -0.05) is 13.0 Å². The predicted molar refractivity (Wildman–Crippen MR) is 54.7 cm³/mol. The molecule has 0 N–H and O–H groups in total. The first kappa shape index (κ1) is 10.7. The average Bonchev–Trinajstić information content (AvgIpc) is 2.15. The molecule has 1 nitrogen and oxygen atoms in total. The zero-order chi connectivity index (χ0) is 10.8. The molecule has 1 aromatic rings. The van der Waals surface area contributed by atoms with E-state index >= 15 is 0 Å². The van der Waals surface area contributed by atoms with Gasteiger partial charge in [-0.05, 0) is 43.5 Å². The van der Waals surface area contributed by atoms with E-state index in [9.17, 15) is 4.39 Å². The van der Waals surface area contributed by atoms with Crippen LogP contribution in [0.25, 0.3) is 0 Å². The zero-order valence-corrected chi connectivity index (χ0v) is 8.76. The molecule has 0 saturated heterocycles. The van der Waals surface area contributed by atoms with Gasteiger partial charge in [0.1, 0.15) is 5.67 Å². The van der Waals surface area contributed by atoms with E-state index in [1.165, 1.54) is 13.8 Å². The summed E-state index contributed by atoms with van der Waals surface area (Å²) in [6, 6.07) is 7.28. The van der Waals surface area contributed by atoms with Crippen molar-refractivity contribution in [3.63, 3.8) is 0 Å². The van der Waals surface area contributed by atoms with Crippen molar-refractivity contribution in [1.82, 2.24) is 0 Å². The van der Waals surface area contributed by atoms with Crippen LogP contribution >= 0.6 is 0 Å². The second kappa shape index (κ2) is 3.79. The number of nitrogens with zero attached hydrogens (tertiary/aromatic N) is 1. The van der Waals surface area contributed by atoms with Gasteiger partial charge in [-0.2, -0.15) is 5.26 Å². The number of nitriles is 1. The van der Waals surface area contributed by atoms with Crippen LogP contribution in [-0.2, 0) is 12.1 Å².